The molecule has 27 heavy (non-hydrogen) atoms. The van der Waals surface area contributed by atoms with Crippen LogP contribution in [0, 0.1) is 6.92 Å². The van der Waals surface area contributed by atoms with E-state index in [9.17, 15) is 18.9 Å². The summed E-state index contributed by atoms with van der Waals surface area (Å²) in [5.74, 6) is -0.526. The Morgan fingerprint density at radius 2 is 1.96 bits per heavy atom. The fraction of sp³-hybridized carbons (Fsp3) is 0.688. The van der Waals surface area contributed by atoms with Crippen LogP contribution < -0.4 is 11.2 Å². The molecule has 0 amide bonds. The number of ether oxygens (including phenoxy) is 2. The molecule has 1 aromatic heterocycles. The Balaban J connectivity index is 2.29. The molecule has 152 valence electrons. The van der Waals surface area contributed by atoms with Crippen molar-refractivity contribution >= 4 is 13.6 Å². The monoisotopic (exact) mass is 404 g/mol. The average molecular weight is 404 g/mol. The summed E-state index contributed by atoms with van der Waals surface area (Å²) in [6.45, 7) is 6.56. The van der Waals surface area contributed by atoms with Crippen LogP contribution in [0.5, 0.6) is 0 Å². The molecule has 0 bridgehead atoms. The van der Waals surface area contributed by atoms with Gasteiger partial charge in [-0.1, -0.05) is 0 Å². The Morgan fingerprint density at radius 1 is 1.33 bits per heavy atom. The molecule has 0 aliphatic carbocycles. The molecule has 0 spiro atoms. The molecule has 0 aromatic carbocycles. The van der Waals surface area contributed by atoms with Crippen LogP contribution in [-0.4, -0.2) is 47.1 Å². The van der Waals surface area contributed by atoms with Crippen molar-refractivity contribution in [2.45, 2.75) is 52.6 Å². The first-order valence-corrected chi connectivity index (χ1v) is 10.4. The normalized spacial score (nSPS) is 22.7. The van der Waals surface area contributed by atoms with Crippen LogP contribution in [-0.2, 0) is 27.9 Å². The number of carbonyl (C=O) groups excluding carboxylic acids is 1. The number of nitrogens with one attached hydrogen (secondary N) is 1. The van der Waals surface area contributed by atoms with Gasteiger partial charge in [0.25, 0.3) is 5.56 Å². The van der Waals surface area contributed by atoms with Gasteiger partial charge in [-0.2, -0.15) is 0 Å². The molecule has 0 radical (unpaired) electrons. The molecule has 2 heterocycles. The van der Waals surface area contributed by atoms with Crippen LogP contribution in [0.1, 0.15) is 39.0 Å². The molecule has 0 unspecified atom stereocenters. The van der Waals surface area contributed by atoms with Crippen LogP contribution >= 0.6 is 7.60 Å². The van der Waals surface area contributed by atoms with Gasteiger partial charge in [0.15, 0.2) is 0 Å². The highest BCUT2D eigenvalue weighted by Crippen LogP contribution is 2.51. The van der Waals surface area contributed by atoms with E-state index in [4.69, 9.17) is 18.5 Å². The minimum absolute atomic E-state index is 0.125. The first-order valence-electron chi connectivity index (χ1n) is 8.72. The zero-order valence-corrected chi connectivity index (χ0v) is 16.7. The standard InChI is InChI=1S/C16H25N2O8P/c1-5-23-27(22,24-6-2)9-13-12(25-11(4)19)7-14(26-13)18-8-10(3)15(20)17-16(18)21/h8,12-14H,5-7,9H2,1-4H3,(H,17,20,21)/t12-,13-,14+/m1/s1. The summed E-state index contributed by atoms with van der Waals surface area (Å²) < 4.78 is 35.8. The minimum atomic E-state index is -3.46. The fourth-order valence-corrected chi connectivity index (χ4v) is 4.76. The van der Waals surface area contributed by atoms with E-state index in [1.165, 1.54) is 17.7 Å². The van der Waals surface area contributed by atoms with E-state index in [1.807, 2.05) is 0 Å². The molecule has 1 aromatic rings. The van der Waals surface area contributed by atoms with Crippen LogP contribution in [0.2, 0.25) is 0 Å². The number of hydrogen-bond donors (Lipinski definition) is 1. The molecule has 11 heteroatoms. The number of H-pyrrole nitrogens is 1. The number of aromatic nitrogens is 2. The lowest BCUT2D eigenvalue weighted by molar-refractivity contribution is -0.148. The van der Waals surface area contributed by atoms with Gasteiger partial charge < -0.3 is 18.5 Å². The minimum Gasteiger partial charge on any atom is -0.460 e. The molecule has 1 fully saturated rings. The topological polar surface area (TPSA) is 126 Å². The van der Waals surface area contributed by atoms with Gasteiger partial charge in [0.2, 0.25) is 0 Å². The average Bonchev–Trinajstić information content (AvgIpc) is 2.92. The first kappa shape index (κ1) is 21.6. The molecular formula is C16H25N2O8P. The number of aryl methyl sites for hydroxylation is 1. The van der Waals surface area contributed by atoms with Crippen LogP contribution in [0.15, 0.2) is 15.8 Å². The van der Waals surface area contributed by atoms with Crippen LogP contribution in [0.4, 0.5) is 0 Å². The maximum Gasteiger partial charge on any atom is 0.333 e. The van der Waals surface area contributed by atoms with Gasteiger partial charge in [0.05, 0.1) is 19.4 Å². The third kappa shape index (κ3) is 5.38. The van der Waals surface area contributed by atoms with Crippen molar-refractivity contribution in [3.63, 3.8) is 0 Å². The highest BCUT2D eigenvalue weighted by molar-refractivity contribution is 7.53. The van der Waals surface area contributed by atoms with E-state index in [0.717, 1.165) is 0 Å². The van der Waals surface area contributed by atoms with Gasteiger partial charge in [-0.3, -0.25) is 23.7 Å². The maximum absolute atomic E-state index is 12.8. The number of carbonyl (C=O) groups is 1. The lowest BCUT2D eigenvalue weighted by Gasteiger charge is -2.23. The molecule has 1 aliphatic heterocycles. The second-order valence-electron chi connectivity index (χ2n) is 6.12. The molecule has 1 N–H and O–H groups in total. The second kappa shape index (κ2) is 8.97. The Hall–Kier alpha value is -1.74. The number of esters is 1. The molecule has 3 atom stereocenters. The summed E-state index contributed by atoms with van der Waals surface area (Å²) in [5.41, 5.74) is -0.796. The SMILES string of the molecule is CCOP(=O)(C[C@H]1O[C@H](n2cc(C)c(=O)[nH]c2=O)C[C@H]1OC(C)=O)OCC. The van der Waals surface area contributed by atoms with E-state index in [-0.39, 0.29) is 25.8 Å². The fourth-order valence-electron chi connectivity index (χ4n) is 2.93. The van der Waals surface area contributed by atoms with E-state index in [0.29, 0.717) is 5.56 Å². The summed E-state index contributed by atoms with van der Waals surface area (Å²) in [4.78, 5) is 37.3. The molecule has 0 saturated carbocycles. The number of hydrogen-bond acceptors (Lipinski definition) is 8. The predicted molar refractivity (Wildman–Crippen MR) is 95.9 cm³/mol. The van der Waals surface area contributed by atoms with Gasteiger partial charge in [-0.15, -0.1) is 0 Å². The number of rotatable bonds is 8. The Kier molecular flexibility index (Phi) is 7.16. The number of aromatic amines is 1. The Morgan fingerprint density at radius 3 is 2.52 bits per heavy atom. The van der Waals surface area contributed by atoms with Gasteiger partial charge >= 0.3 is 19.3 Å². The van der Waals surface area contributed by atoms with Gasteiger partial charge in [-0.25, -0.2) is 4.79 Å². The van der Waals surface area contributed by atoms with E-state index in [2.05, 4.69) is 4.98 Å². The zero-order valence-electron chi connectivity index (χ0n) is 15.8. The smallest absolute Gasteiger partial charge is 0.333 e. The van der Waals surface area contributed by atoms with Crippen LogP contribution in [0.25, 0.3) is 0 Å². The molecular weight excluding hydrogens is 379 g/mol. The molecule has 2 rings (SSSR count). The zero-order chi connectivity index (χ0) is 20.2. The summed E-state index contributed by atoms with van der Waals surface area (Å²) in [6, 6.07) is 0. The van der Waals surface area contributed by atoms with E-state index in [1.54, 1.807) is 20.8 Å². The predicted octanol–water partition coefficient (Wildman–Crippen LogP) is 1.33. The highest BCUT2D eigenvalue weighted by atomic mass is 31.2. The van der Waals surface area contributed by atoms with Crippen molar-refractivity contribution in [2.75, 3.05) is 19.4 Å². The van der Waals surface area contributed by atoms with E-state index < -0.39 is 43.2 Å². The second-order valence-corrected chi connectivity index (χ2v) is 8.22. The van der Waals surface area contributed by atoms with Crippen molar-refractivity contribution in [3.8, 4) is 0 Å². The summed E-state index contributed by atoms with van der Waals surface area (Å²) >= 11 is 0. The van der Waals surface area contributed by atoms with Crippen LogP contribution in [0.3, 0.4) is 0 Å². The van der Waals surface area contributed by atoms with E-state index >= 15 is 0 Å². The maximum atomic E-state index is 12.8. The third-order valence-corrected chi connectivity index (χ3v) is 6.12. The first-order chi connectivity index (χ1) is 12.7. The van der Waals surface area contributed by atoms with Crippen molar-refractivity contribution in [1.82, 2.24) is 9.55 Å². The van der Waals surface area contributed by atoms with Gasteiger partial charge in [-0.05, 0) is 20.8 Å². The van der Waals surface area contributed by atoms with Crippen molar-refractivity contribution < 1.29 is 27.9 Å². The summed E-state index contributed by atoms with van der Waals surface area (Å²) in [6.07, 6.45) is -0.903. The highest BCUT2D eigenvalue weighted by Gasteiger charge is 2.43. The van der Waals surface area contributed by atoms with Crippen molar-refractivity contribution in [2.24, 2.45) is 0 Å². The summed E-state index contributed by atoms with van der Waals surface area (Å²) in [5, 5.41) is 0. The molecule has 1 aliphatic rings. The third-order valence-electron chi connectivity index (χ3n) is 4.01. The van der Waals surface area contributed by atoms with Crippen molar-refractivity contribution in [1.29, 1.82) is 0 Å². The van der Waals surface area contributed by atoms with Crippen molar-refractivity contribution in [3.05, 3.63) is 32.6 Å². The van der Waals surface area contributed by atoms with Gasteiger partial charge in [0, 0.05) is 25.1 Å². The Labute approximate surface area is 156 Å². The number of nitrogens with zero attached hydrogens (tertiary/aromatic N) is 1. The molecule has 10 nitrogen and oxygen atoms in total. The largest absolute Gasteiger partial charge is 0.460 e. The van der Waals surface area contributed by atoms with Gasteiger partial charge in [0.1, 0.15) is 18.4 Å². The molecule has 1 saturated heterocycles. The Bertz CT molecular complexity index is 822. The summed E-state index contributed by atoms with van der Waals surface area (Å²) in [7, 11) is -3.46. The lowest BCUT2D eigenvalue weighted by Crippen LogP contribution is -2.33. The quantitative estimate of drug-likeness (QED) is 0.508. The lowest BCUT2D eigenvalue weighted by atomic mass is 10.2.